The van der Waals surface area contributed by atoms with Crippen LogP contribution in [0.2, 0.25) is 0 Å². The van der Waals surface area contributed by atoms with E-state index in [4.69, 9.17) is 30.6 Å². The summed E-state index contributed by atoms with van der Waals surface area (Å²) in [7, 11) is 0. The molecule has 1 unspecified atom stereocenters. The maximum atomic E-state index is 9.25. The van der Waals surface area contributed by atoms with Crippen LogP contribution in [-0.4, -0.2) is 61.6 Å². The summed E-state index contributed by atoms with van der Waals surface area (Å²) >= 11 is 0. The van der Waals surface area contributed by atoms with Crippen molar-refractivity contribution in [2.45, 2.75) is 32.7 Å². The fourth-order valence-corrected chi connectivity index (χ4v) is 0. The van der Waals surface area contributed by atoms with Crippen LogP contribution in [0.5, 0.6) is 0 Å². The van der Waals surface area contributed by atoms with Gasteiger partial charge in [-0.1, -0.05) is 20.1 Å². The van der Waals surface area contributed by atoms with Gasteiger partial charge in [-0.15, -0.1) is 0 Å². The second kappa shape index (κ2) is 22.4. The highest BCUT2D eigenvalue weighted by Crippen LogP contribution is 1.77. The Morgan fingerprint density at radius 2 is 1.20 bits per heavy atom. The lowest BCUT2D eigenvalue weighted by Gasteiger charge is -1.90. The molecule has 1 atom stereocenters. The first-order valence-electron chi connectivity index (χ1n) is 5.44. The van der Waals surface area contributed by atoms with E-state index < -0.39 is 24.3 Å². The van der Waals surface area contributed by atoms with Gasteiger partial charge in [0.2, 0.25) is 0 Å². The molecule has 6 N–H and O–H groups in total. The molecule has 0 spiro atoms. The standard InChI is InChI=1S/2C3H8O2.2C3H4O2/c1-3(5)2-4;3*1-2-3(4)5/h2*3-5H,2H2,1H3;2*2H,1H2,(H,4,5). The van der Waals surface area contributed by atoms with Crippen LogP contribution in [0.4, 0.5) is 0 Å². The molecule has 0 aromatic carbocycles. The van der Waals surface area contributed by atoms with E-state index in [-0.39, 0.29) is 6.61 Å². The van der Waals surface area contributed by atoms with Gasteiger partial charge in [0.15, 0.2) is 6.29 Å². The SMILES string of the molecule is C=CC(=O)O.C=CC(=O)O.CC(O)CO.CCC(O)O. The van der Waals surface area contributed by atoms with Crippen molar-refractivity contribution < 1.29 is 40.2 Å². The van der Waals surface area contributed by atoms with Crippen LogP contribution < -0.4 is 0 Å². The quantitative estimate of drug-likeness (QED) is 0.302. The largest absolute Gasteiger partial charge is 0.478 e. The summed E-state index contributed by atoms with van der Waals surface area (Å²) in [4.78, 5) is 18.5. The highest BCUT2D eigenvalue weighted by Gasteiger charge is 1.83. The minimum atomic E-state index is -1.12. The Hall–Kier alpha value is -1.74. The molecule has 8 nitrogen and oxygen atoms in total. The molecular weight excluding hydrogens is 272 g/mol. The summed E-state index contributed by atoms with van der Waals surface area (Å²) in [6.07, 6.45) is 0.407. The van der Waals surface area contributed by atoms with E-state index in [2.05, 4.69) is 13.2 Å². The number of aliphatic carboxylic acids is 2. The predicted molar refractivity (Wildman–Crippen MR) is 72.9 cm³/mol. The molecule has 0 aliphatic heterocycles. The molecule has 120 valence electrons. The van der Waals surface area contributed by atoms with Gasteiger partial charge < -0.3 is 30.6 Å². The third kappa shape index (κ3) is 96.6. The Balaban J connectivity index is -0.0000000853. The lowest BCUT2D eigenvalue weighted by Crippen LogP contribution is -2.03. The van der Waals surface area contributed by atoms with E-state index in [1.807, 2.05) is 0 Å². The first kappa shape index (κ1) is 26.8. The fraction of sp³-hybridized carbons (Fsp3) is 0.500. The Kier molecular flexibility index (Phi) is 30.0. The molecule has 0 aromatic rings. The van der Waals surface area contributed by atoms with Gasteiger partial charge in [-0.05, 0) is 13.3 Å². The molecule has 0 fully saturated rings. The number of rotatable bonds is 4. The lowest BCUT2D eigenvalue weighted by atomic mass is 10.5. The van der Waals surface area contributed by atoms with Gasteiger partial charge in [0.05, 0.1) is 12.7 Å². The fourth-order valence-electron chi connectivity index (χ4n) is 0. The van der Waals surface area contributed by atoms with Crippen LogP contribution in [0.3, 0.4) is 0 Å². The second-order valence-corrected chi connectivity index (χ2v) is 3.01. The molecule has 0 radical (unpaired) electrons. The van der Waals surface area contributed by atoms with E-state index in [1.54, 1.807) is 6.92 Å². The van der Waals surface area contributed by atoms with Gasteiger partial charge >= 0.3 is 11.9 Å². The van der Waals surface area contributed by atoms with Gasteiger partial charge in [-0.3, -0.25) is 0 Å². The zero-order valence-corrected chi connectivity index (χ0v) is 11.6. The average Bonchev–Trinajstić information content (AvgIpc) is 2.40. The van der Waals surface area contributed by atoms with E-state index >= 15 is 0 Å². The zero-order valence-electron chi connectivity index (χ0n) is 11.6. The molecule has 0 heterocycles. The van der Waals surface area contributed by atoms with Gasteiger partial charge in [0.1, 0.15) is 0 Å². The van der Waals surface area contributed by atoms with Gasteiger partial charge in [-0.2, -0.15) is 0 Å². The van der Waals surface area contributed by atoms with E-state index in [0.29, 0.717) is 6.42 Å². The first-order chi connectivity index (χ1) is 9.08. The van der Waals surface area contributed by atoms with Crippen molar-refractivity contribution in [2.24, 2.45) is 0 Å². The Morgan fingerprint density at radius 3 is 1.20 bits per heavy atom. The van der Waals surface area contributed by atoms with Gasteiger partial charge in [-0.25, -0.2) is 9.59 Å². The number of carboxylic acid groups (broad SMARTS) is 2. The third-order valence-electron chi connectivity index (χ3n) is 0.979. The monoisotopic (exact) mass is 296 g/mol. The smallest absolute Gasteiger partial charge is 0.327 e. The molecule has 8 heteroatoms. The molecule has 0 rings (SSSR count). The molecule has 0 bridgehead atoms. The summed E-state index contributed by atoms with van der Waals surface area (Å²) in [6.45, 7) is 9.01. The second-order valence-electron chi connectivity index (χ2n) is 3.01. The normalized spacial score (nSPS) is 9.35. The van der Waals surface area contributed by atoms with Gasteiger partial charge in [0, 0.05) is 12.2 Å². The number of hydrogen-bond acceptors (Lipinski definition) is 6. The summed E-state index contributed by atoms with van der Waals surface area (Å²) in [6, 6.07) is 0. The molecular formula is C12H24O8. The summed E-state index contributed by atoms with van der Waals surface area (Å²) in [5, 5.41) is 47.0. The molecule has 0 saturated heterocycles. The molecule has 0 aliphatic rings. The van der Waals surface area contributed by atoms with Crippen LogP contribution >= 0.6 is 0 Å². The Labute approximate surface area is 117 Å². The van der Waals surface area contributed by atoms with Crippen molar-refractivity contribution in [3.63, 3.8) is 0 Å². The highest BCUT2D eigenvalue weighted by molar-refractivity contribution is 5.79. The predicted octanol–water partition coefficient (Wildman–Crippen LogP) is -0.419. The lowest BCUT2D eigenvalue weighted by molar-refractivity contribution is -0.132. The minimum absolute atomic E-state index is 0.139. The summed E-state index contributed by atoms with van der Waals surface area (Å²) in [5.41, 5.74) is 0. The van der Waals surface area contributed by atoms with Crippen LogP contribution in [-0.2, 0) is 9.59 Å². The molecule has 0 amide bonds. The Morgan fingerprint density at radius 1 is 1.05 bits per heavy atom. The first-order valence-corrected chi connectivity index (χ1v) is 5.44. The van der Waals surface area contributed by atoms with Crippen LogP contribution in [0.15, 0.2) is 25.3 Å². The van der Waals surface area contributed by atoms with Crippen LogP contribution in [0, 0.1) is 0 Å². The van der Waals surface area contributed by atoms with E-state index in [0.717, 1.165) is 12.2 Å². The number of carbonyl (C=O) groups is 2. The molecule has 0 saturated carbocycles. The average molecular weight is 296 g/mol. The molecule has 0 aliphatic carbocycles. The molecule has 0 aromatic heterocycles. The highest BCUT2D eigenvalue weighted by atomic mass is 16.5. The van der Waals surface area contributed by atoms with Crippen molar-refractivity contribution in [3.05, 3.63) is 25.3 Å². The third-order valence-corrected chi connectivity index (χ3v) is 0.979. The number of aliphatic hydroxyl groups excluding tert-OH is 3. The van der Waals surface area contributed by atoms with E-state index in [1.165, 1.54) is 6.92 Å². The van der Waals surface area contributed by atoms with Crippen molar-refractivity contribution in [3.8, 4) is 0 Å². The van der Waals surface area contributed by atoms with Crippen molar-refractivity contribution in [1.82, 2.24) is 0 Å². The maximum Gasteiger partial charge on any atom is 0.327 e. The minimum Gasteiger partial charge on any atom is -0.478 e. The topological polar surface area (TPSA) is 156 Å². The van der Waals surface area contributed by atoms with E-state index in [9.17, 15) is 9.59 Å². The Bertz CT molecular complexity index is 222. The van der Waals surface area contributed by atoms with Gasteiger partial charge in [0.25, 0.3) is 0 Å². The number of hydrogen-bond donors (Lipinski definition) is 6. The number of aliphatic hydroxyl groups is 4. The van der Waals surface area contributed by atoms with Crippen LogP contribution in [0.25, 0.3) is 0 Å². The zero-order chi connectivity index (χ0) is 17.1. The summed E-state index contributed by atoms with van der Waals surface area (Å²) < 4.78 is 0. The number of carboxylic acids is 2. The van der Waals surface area contributed by atoms with Crippen molar-refractivity contribution >= 4 is 11.9 Å². The van der Waals surface area contributed by atoms with Crippen LogP contribution in [0.1, 0.15) is 20.3 Å². The maximum absolute atomic E-state index is 9.25. The summed E-state index contributed by atoms with van der Waals surface area (Å²) in [5.74, 6) is -1.96. The van der Waals surface area contributed by atoms with Crippen molar-refractivity contribution in [1.29, 1.82) is 0 Å². The van der Waals surface area contributed by atoms with Crippen molar-refractivity contribution in [2.75, 3.05) is 6.61 Å². The molecule has 20 heavy (non-hydrogen) atoms.